The molecule has 2 aliphatic rings. The normalized spacial score (nSPS) is 19.2. The smallest absolute Gasteiger partial charge is 0.399 e. The lowest BCUT2D eigenvalue weighted by atomic mass is 9.75. The number of hydrogen-bond acceptors (Lipinski definition) is 4. The van der Waals surface area contributed by atoms with Crippen LogP contribution in [0.1, 0.15) is 150 Å². The molecule has 0 bridgehead atoms. The van der Waals surface area contributed by atoms with Gasteiger partial charge in [-0.2, -0.15) is 0 Å². The predicted molar refractivity (Wildman–Crippen MR) is 249 cm³/mol. The summed E-state index contributed by atoms with van der Waals surface area (Å²) < 4.78 is 26.6. The molecule has 0 unspecified atom stereocenters. The summed E-state index contributed by atoms with van der Waals surface area (Å²) in [7, 11) is -5.16. The van der Waals surface area contributed by atoms with Crippen molar-refractivity contribution in [1.82, 2.24) is 0 Å². The molecule has 2 aliphatic heterocycles. The van der Waals surface area contributed by atoms with Gasteiger partial charge in [0.1, 0.15) is 16.1 Å². The molecule has 5 rings (SSSR count). The van der Waals surface area contributed by atoms with Crippen LogP contribution in [0.5, 0.6) is 0 Å². The van der Waals surface area contributed by atoms with Crippen LogP contribution in [0.3, 0.4) is 0 Å². The van der Waals surface area contributed by atoms with Crippen LogP contribution in [0.15, 0.2) is 36.4 Å². The van der Waals surface area contributed by atoms with E-state index in [9.17, 15) is 0 Å². The minimum atomic E-state index is -2.09. The van der Waals surface area contributed by atoms with Crippen molar-refractivity contribution in [2.24, 2.45) is 0 Å². The third-order valence-electron chi connectivity index (χ3n) is 14.8. The van der Waals surface area contributed by atoms with E-state index in [2.05, 4.69) is 198 Å². The Labute approximate surface area is 344 Å². The summed E-state index contributed by atoms with van der Waals surface area (Å²) in [6.07, 6.45) is 0. The van der Waals surface area contributed by atoms with Gasteiger partial charge in [0.15, 0.2) is 0 Å². The maximum absolute atomic E-state index is 6.64. The van der Waals surface area contributed by atoms with Crippen molar-refractivity contribution in [3.63, 3.8) is 0 Å². The van der Waals surface area contributed by atoms with Crippen molar-refractivity contribution < 1.29 is 18.6 Å². The molecule has 3 aromatic rings. The standard InChI is InChI=1S/C48H72B2O4Si2/c1-31(2)55(32(3)4,33(5)6)27-25-41-39-23-21-38(50-53-47(17,18)48(19,20)54-50)30-44(39)42(26-28-56(34(7)8,35(9)10)36(11)12)40-24-22-37(29-43(40)41)49-51-45(13,14)46(15,16)52-49/h21-24,29-36H,1-20H3. The largest absolute Gasteiger partial charge is 0.494 e. The molecule has 8 heteroatoms. The van der Waals surface area contributed by atoms with E-state index < -0.39 is 52.8 Å². The average Bonchev–Trinajstić information content (AvgIpc) is 3.43. The van der Waals surface area contributed by atoms with Gasteiger partial charge >= 0.3 is 14.2 Å². The Morgan fingerprint density at radius 1 is 0.411 bits per heavy atom. The fourth-order valence-corrected chi connectivity index (χ4v) is 20.4. The van der Waals surface area contributed by atoms with Crippen LogP contribution in [-0.2, 0) is 18.6 Å². The minimum Gasteiger partial charge on any atom is -0.399 e. The van der Waals surface area contributed by atoms with Gasteiger partial charge in [0.05, 0.1) is 22.4 Å². The SMILES string of the molecule is CC(C)[Si](C#Cc1c2ccc(B3OC(C)(C)C(C)(C)O3)cc2c(C#C[Si](C(C)C)(C(C)C)C(C)C)c2ccc(B3OC(C)(C)C(C)(C)O3)cc12)(C(C)C)C(C)C. The van der Waals surface area contributed by atoms with Crippen molar-refractivity contribution in [3.05, 3.63) is 47.5 Å². The van der Waals surface area contributed by atoms with Gasteiger partial charge < -0.3 is 18.6 Å². The second-order valence-corrected chi connectivity index (χ2v) is 32.0. The first-order valence-electron chi connectivity index (χ1n) is 21.5. The topological polar surface area (TPSA) is 36.9 Å². The Balaban J connectivity index is 1.95. The summed E-state index contributed by atoms with van der Waals surface area (Å²) in [5.74, 6) is 7.93. The van der Waals surface area contributed by atoms with Crippen molar-refractivity contribution in [2.45, 2.75) is 194 Å². The summed E-state index contributed by atoms with van der Waals surface area (Å²) in [6.45, 7) is 45.6. The van der Waals surface area contributed by atoms with Crippen LogP contribution in [0.4, 0.5) is 0 Å². The van der Waals surface area contributed by atoms with Gasteiger partial charge in [-0.15, -0.1) is 11.1 Å². The Bertz CT molecular complexity index is 1860. The van der Waals surface area contributed by atoms with Crippen LogP contribution in [0.25, 0.3) is 21.5 Å². The van der Waals surface area contributed by atoms with E-state index in [0.717, 1.165) is 43.6 Å². The van der Waals surface area contributed by atoms with Crippen molar-refractivity contribution in [2.75, 3.05) is 0 Å². The second-order valence-electron chi connectivity index (χ2n) is 20.8. The summed E-state index contributed by atoms with van der Waals surface area (Å²) in [6, 6.07) is 13.5. The van der Waals surface area contributed by atoms with E-state index >= 15 is 0 Å². The van der Waals surface area contributed by atoms with Gasteiger partial charge in [-0.3, -0.25) is 0 Å². The molecule has 0 saturated carbocycles. The second kappa shape index (κ2) is 15.4. The van der Waals surface area contributed by atoms with Gasteiger partial charge in [-0.1, -0.05) is 131 Å². The molecule has 0 aliphatic carbocycles. The van der Waals surface area contributed by atoms with Crippen LogP contribution < -0.4 is 10.9 Å². The molecule has 4 nitrogen and oxygen atoms in total. The predicted octanol–water partition coefficient (Wildman–Crippen LogP) is 11.7. The van der Waals surface area contributed by atoms with Crippen molar-refractivity contribution in [3.8, 4) is 22.9 Å². The molecule has 56 heavy (non-hydrogen) atoms. The molecule has 0 N–H and O–H groups in total. The first-order chi connectivity index (χ1) is 25.7. The highest BCUT2D eigenvalue weighted by Gasteiger charge is 2.53. The molecule has 0 amide bonds. The van der Waals surface area contributed by atoms with E-state index in [1.165, 1.54) is 0 Å². The molecule has 2 saturated heterocycles. The Kier molecular flexibility index (Phi) is 12.3. The minimum absolute atomic E-state index is 0.450. The monoisotopic (exact) mass is 791 g/mol. The quantitative estimate of drug-likeness (QED) is 0.129. The van der Waals surface area contributed by atoms with E-state index in [0.29, 0.717) is 33.2 Å². The average molecular weight is 791 g/mol. The number of rotatable bonds is 8. The fraction of sp³-hybridized carbons (Fsp3) is 0.625. The lowest BCUT2D eigenvalue weighted by Crippen LogP contribution is -2.43. The molecule has 302 valence electrons. The molecular weight excluding hydrogens is 718 g/mol. The number of fused-ring (bicyclic) bond motifs is 2. The van der Waals surface area contributed by atoms with Gasteiger partial charge in [-0.25, -0.2) is 0 Å². The lowest BCUT2D eigenvalue weighted by Gasteiger charge is -2.38. The summed E-state index contributed by atoms with van der Waals surface area (Å²) in [5.41, 5.74) is 13.6. The summed E-state index contributed by atoms with van der Waals surface area (Å²) >= 11 is 0. The van der Waals surface area contributed by atoms with E-state index in [-0.39, 0.29) is 0 Å². The summed E-state index contributed by atoms with van der Waals surface area (Å²) in [5, 5.41) is 4.45. The Morgan fingerprint density at radius 3 is 0.893 bits per heavy atom. The first-order valence-corrected chi connectivity index (χ1v) is 25.9. The zero-order valence-corrected chi connectivity index (χ0v) is 40.7. The third-order valence-corrected chi connectivity index (χ3v) is 27.3. The molecule has 0 spiro atoms. The van der Waals surface area contributed by atoms with Gasteiger partial charge in [0, 0.05) is 11.1 Å². The van der Waals surface area contributed by atoms with Crippen LogP contribution >= 0.6 is 0 Å². The molecule has 0 radical (unpaired) electrons. The van der Waals surface area contributed by atoms with E-state index in [1.807, 2.05) is 0 Å². The van der Waals surface area contributed by atoms with E-state index in [4.69, 9.17) is 18.6 Å². The molecular formula is C48H72B2O4Si2. The van der Waals surface area contributed by atoms with Crippen LogP contribution in [0, 0.1) is 22.9 Å². The fourth-order valence-electron chi connectivity index (χ4n) is 9.99. The van der Waals surface area contributed by atoms with Crippen molar-refractivity contribution in [1.29, 1.82) is 0 Å². The number of benzene rings is 3. The third kappa shape index (κ3) is 7.44. The van der Waals surface area contributed by atoms with Gasteiger partial charge in [-0.05, 0) is 121 Å². The molecule has 0 aromatic heterocycles. The molecule has 3 aromatic carbocycles. The van der Waals surface area contributed by atoms with Crippen molar-refractivity contribution >= 4 is 62.9 Å². The number of hydrogen-bond donors (Lipinski definition) is 0. The summed E-state index contributed by atoms with van der Waals surface area (Å²) in [4.78, 5) is 0. The highest BCUT2D eigenvalue weighted by molar-refractivity contribution is 6.91. The maximum atomic E-state index is 6.64. The van der Waals surface area contributed by atoms with Crippen LogP contribution in [0.2, 0.25) is 33.2 Å². The Morgan fingerprint density at radius 2 is 0.661 bits per heavy atom. The molecule has 0 atom stereocenters. The van der Waals surface area contributed by atoms with Gasteiger partial charge in [0.2, 0.25) is 0 Å². The lowest BCUT2D eigenvalue weighted by molar-refractivity contribution is 0.00578. The van der Waals surface area contributed by atoms with E-state index in [1.54, 1.807) is 0 Å². The van der Waals surface area contributed by atoms with Gasteiger partial charge in [0.25, 0.3) is 0 Å². The highest BCUT2D eigenvalue weighted by Crippen LogP contribution is 2.44. The zero-order chi connectivity index (χ0) is 42.1. The van der Waals surface area contributed by atoms with Crippen LogP contribution in [-0.4, -0.2) is 52.8 Å². The highest BCUT2D eigenvalue weighted by atomic mass is 28.3. The Hall–Kier alpha value is -2.30. The first kappa shape index (κ1) is 44.8. The maximum Gasteiger partial charge on any atom is 0.494 e. The molecule has 2 fully saturated rings. The molecule has 2 heterocycles. The zero-order valence-electron chi connectivity index (χ0n) is 38.7.